The van der Waals surface area contributed by atoms with Gasteiger partial charge in [-0.25, -0.2) is 14.4 Å². The van der Waals surface area contributed by atoms with Gasteiger partial charge in [0.15, 0.2) is 0 Å². The lowest BCUT2D eigenvalue weighted by Gasteiger charge is -2.21. The van der Waals surface area contributed by atoms with E-state index in [2.05, 4.69) is 35.7 Å². The van der Waals surface area contributed by atoms with Gasteiger partial charge in [0.1, 0.15) is 31.9 Å². The molecule has 0 aliphatic heterocycles. The number of hydrogen-bond donors (Lipinski definition) is 3. The Balaban J connectivity index is 5.04. The van der Waals surface area contributed by atoms with Gasteiger partial charge in [-0.1, -0.05) is 51.8 Å². The molecule has 0 aromatic rings. The van der Waals surface area contributed by atoms with Gasteiger partial charge >= 0.3 is 23.9 Å². The number of amides is 3. The molecule has 0 aliphatic rings. The maximum Gasteiger partial charge on any atom is 0.329 e. The fourth-order valence-electron chi connectivity index (χ4n) is 2.97. The summed E-state index contributed by atoms with van der Waals surface area (Å²) < 4.78 is 15.0. The van der Waals surface area contributed by atoms with Crippen LogP contribution in [0.25, 0.3) is 0 Å². The summed E-state index contributed by atoms with van der Waals surface area (Å²) in [4.78, 5) is 61.0. The Morgan fingerprint density at radius 1 is 0.757 bits per heavy atom. The Morgan fingerprint density at radius 3 is 1.78 bits per heavy atom. The van der Waals surface area contributed by atoms with Crippen LogP contribution >= 0.6 is 0 Å². The van der Waals surface area contributed by atoms with E-state index < -0.39 is 36.0 Å². The molecule has 0 spiro atoms. The highest BCUT2D eigenvalue weighted by Gasteiger charge is 2.27. The smallest absolute Gasteiger partial charge is 0.329 e. The molecule has 0 saturated heterocycles. The molecule has 0 aliphatic carbocycles. The highest BCUT2D eigenvalue weighted by molar-refractivity contribution is 5.87. The van der Waals surface area contributed by atoms with Crippen LogP contribution in [0.4, 0.5) is 4.79 Å². The van der Waals surface area contributed by atoms with Crippen molar-refractivity contribution in [1.29, 1.82) is 0 Å². The topological polar surface area (TPSA) is 149 Å². The van der Waals surface area contributed by atoms with Crippen molar-refractivity contribution in [2.45, 2.75) is 64.5 Å². The van der Waals surface area contributed by atoms with Gasteiger partial charge in [0.2, 0.25) is 5.91 Å². The quantitative estimate of drug-likeness (QED) is 0.0953. The molecule has 11 nitrogen and oxygen atoms in total. The number of ether oxygens (including phenoxy) is 3. The van der Waals surface area contributed by atoms with Gasteiger partial charge in [0, 0.05) is 19.4 Å². The zero-order chi connectivity index (χ0) is 28.1. The van der Waals surface area contributed by atoms with E-state index in [4.69, 9.17) is 14.2 Å². The molecule has 3 amide bonds. The molecular formula is C26H41N3O8. The number of carbonyl (C=O) groups excluding carboxylic acids is 5. The van der Waals surface area contributed by atoms with Gasteiger partial charge in [-0.05, 0) is 31.6 Å². The van der Waals surface area contributed by atoms with E-state index in [9.17, 15) is 24.0 Å². The predicted octanol–water partition coefficient (Wildman–Crippen LogP) is 2.32. The number of esters is 3. The van der Waals surface area contributed by atoms with Crippen molar-refractivity contribution in [3.63, 3.8) is 0 Å². The summed E-state index contributed by atoms with van der Waals surface area (Å²) in [5, 5.41) is 7.77. The molecule has 0 fully saturated rings. The number of hydrogen-bond acceptors (Lipinski definition) is 8. The minimum absolute atomic E-state index is 0.0221. The summed E-state index contributed by atoms with van der Waals surface area (Å²) >= 11 is 0. The number of rotatable bonds is 20. The first-order chi connectivity index (χ1) is 17.6. The largest absolute Gasteiger partial charge is 0.461 e. The van der Waals surface area contributed by atoms with Gasteiger partial charge in [-0.15, -0.1) is 0 Å². The summed E-state index contributed by atoms with van der Waals surface area (Å²) in [5.74, 6) is -1.80. The predicted molar refractivity (Wildman–Crippen MR) is 138 cm³/mol. The van der Waals surface area contributed by atoms with Crippen LogP contribution in [0.1, 0.15) is 52.4 Å². The van der Waals surface area contributed by atoms with Crippen LogP contribution in [0.2, 0.25) is 0 Å². The van der Waals surface area contributed by atoms with E-state index in [0.29, 0.717) is 25.8 Å². The van der Waals surface area contributed by atoms with Crippen molar-refractivity contribution in [2.75, 3.05) is 26.4 Å². The molecular weight excluding hydrogens is 482 g/mol. The molecule has 0 aromatic carbocycles. The average molecular weight is 524 g/mol. The molecule has 0 radical (unpaired) electrons. The fourth-order valence-corrected chi connectivity index (χ4v) is 2.97. The zero-order valence-electron chi connectivity index (χ0n) is 21.9. The second kappa shape index (κ2) is 20.6. The summed E-state index contributed by atoms with van der Waals surface area (Å²) in [5.41, 5.74) is 0. The maximum absolute atomic E-state index is 12.7. The number of nitrogens with one attached hydrogen (secondary N) is 3. The number of unbranched alkanes of at least 4 members (excludes halogenated alkanes) is 1. The molecule has 11 heteroatoms. The second-order valence-corrected chi connectivity index (χ2v) is 8.51. The highest BCUT2D eigenvalue weighted by atomic mass is 16.5. The third kappa shape index (κ3) is 17.4. The van der Waals surface area contributed by atoms with Crippen LogP contribution in [-0.4, -0.2) is 68.3 Å². The average Bonchev–Trinajstić information content (AvgIpc) is 2.85. The minimum atomic E-state index is -1.17. The molecule has 2 atom stereocenters. The lowest BCUT2D eigenvalue weighted by molar-refractivity contribution is -0.146. The van der Waals surface area contributed by atoms with Gasteiger partial charge < -0.3 is 30.2 Å². The van der Waals surface area contributed by atoms with Gasteiger partial charge in [0.05, 0.1) is 0 Å². The third-order valence-corrected chi connectivity index (χ3v) is 4.70. The Hall–Kier alpha value is -3.63. The summed E-state index contributed by atoms with van der Waals surface area (Å²) in [6.07, 6.45) is 5.70. The molecule has 0 aromatic heterocycles. The van der Waals surface area contributed by atoms with Gasteiger partial charge in [-0.2, -0.15) is 0 Å². The summed E-state index contributed by atoms with van der Waals surface area (Å²) in [6.45, 7) is 14.7. The lowest BCUT2D eigenvalue weighted by Crippen LogP contribution is -2.52. The Bertz CT molecular complexity index is 782. The monoisotopic (exact) mass is 523 g/mol. The first-order valence-electron chi connectivity index (χ1n) is 12.3. The Kier molecular flexibility index (Phi) is 18.5. The van der Waals surface area contributed by atoms with Crippen molar-refractivity contribution < 1.29 is 38.2 Å². The first kappa shape index (κ1) is 33.4. The summed E-state index contributed by atoms with van der Waals surface area (Å²) in [7, 11) is 0. The molecule has 2 unspecified atom stereocenters. The van der Waals surface area contributed by atoms with E-state index in [1.807, 2.05) is 13.8 Å². The first-order valence-corrected chi connectivity index (χ1v) is 12.3. The molecule has 0 bridgehead atoms. The zero-order valence-corrected chi connectivity index (χ0v) is 21.9. The van der Waals surface area contributed by atoms with E-state index in [0.717, 1.165) is 0 Å². The fraction of sp³-hybridized carbons (Fsp3) is 0.577. The Labute approximate surface area is 219 Å². The van der Waals surface area contributed by atoms with Crippen LogP contribution in [0.15, 0.2) is 38.0 Å². The Morgan fingerprint density at radius 2 is 1.27 bits per heavy atom. The summed E-state index contributed by atoms with van der Waals surface area (Å²) in [6, 6.07) is -2.99. The second-order valence-electron chi connectivity index (χ2n) is 8.51. The minimum Gasteiger partial charge on any atom is -0.461 e. The van der Waals surface area contributed by atoms with E-state index in [1.165, 1.54) is 18.2 Å². The van der Waals surface area contributed by atoms with Crippen LogP contribution in [0.5, 0.6) is 0 Å². The van der Waals surface area contributed by atoms with E-state index in [-0.39, 0.29) is 50.9 Å². The SMILES string of the molecule is C=CCOC(=O)CCC(NC(=O)NC(CCCCNC(=O)CC(C)C)C(=O)OCC=C)C(=O)OCC=C. The van der Waals surface area contributed by atoms with Crippen LogP contribution < -0.4 is 16.0 Å². The van der Waals surface area contributed by atoms with Gasteiger partial charge in [0.25, 0.3) is 0 Å². The van der Waals surface area contributed by atoms with Gasteiger partial charge in [-0.3, -0.25) is 9.59 Å². The molecule has 37 heavy (non-hydrogen) atoms. The van der Waals surface area contributed by atoms with Crippen molar-refractivity contribution in [3.05, 3.63) is 38.0 Å². The maximum atomic E-state index is 12.7. The van der Waals surface area contributed by atoms with Crippen molar-refractivity contribution in [1.82, 2.24) is 16.0 Å². The highest BCUT2D eigenvalue weighted by Crippen LogP contribution is 2.06. The third-order valence-electron chi connectivity index (χ3n) is 4.70. The van der Waals surface area contributed by atoms with E-state index in [1.54, 1.807) is 0 Å². The standard InChI is InChI=1S/C26H41N3O8/c1-6-15-35-23(31)13-12-21(25(33)37-17-8-3)29-26(34)28-20(24(32)36-16-7-2)11-9-10-14-27-22(30)18-19(4)5/h6-8,19-21H,1-3,9-18H2,4-5H3,(H,27,30)(H2,28,29,34). The molecule has 3 N–H and O–H groups in total. The van der Waals surface area contributed by atoms with E-state index >= 15 is 0 Å². The molecule has 208 valence electrons. The molecule has 0 heterocycles. The normalized spacial score (nSPS) is 11.9. The van der Waals surface area contributed by atoms with Crippen LogP contribution in [0.3, 0.4) is 0 Å². The van der Waals surface area contributed by atoms with Crippen molar-refractivity contribution >= 4 is 29.8 Å². The van der Waals surface area contributed by atoms with Crippen molar-refractivity contribution in [2.24, 2.45) is 5.92 Å². The number of carbonyl (C=O) groups is 5. The van der Waals surface area contributed by atoms with Crippen LogP contribution in [-0.2, 0) is 33.4 Å². The lowest BCUT2D eigenvalue weighted by atomic mass is 10.1. The molecule has 0 rings (SSSR count). The van der Waals surface area contributed by atoms with Crippen molar-refractivity contribution in [3.8, 4) is 0 Å². The van der Waals surface area contributed by atoms with Crippen LogP contribution in [0, 0.1) is 5.92 Å². The molecule has 0 saturated carbocycles. The number of urea groups is 1.